The van der Waals surface area contributed by atoms with Crippen molar-refractivity contribution in [3.63, 3.8) is 0 Å². The molecule has 8 heteroatoms. The van der Waals surface area contributed by atoms with Crippen LogP contribution in [0.3, 0.4) is 0 Å². The van der Waals surface area contributed by atoms with Gasteiger partial charge >= 0.3 is 5.97 Å². The number of benzene rings is 2. The molecule has 30 heavy (non-hydrogen) atoms. The third-order valence-corrected chi connectivity index (χ3v) is 5.51. The molecule has 0 saturated heterocycles. The van der Waals surface area contributed by atoms with Crippen LogP contribution < -0.4 is 15.5 Å². The van der Waals surface area contributed by atoms with Gasteiger partial charge in [0.2, 0.25) is 5.13 Å². The highest BCUT2D eigenvalue weighted by Gasteiger charge is 2.15. The van der Waals surface area contributed by atoms with Gasteiger partial charge in [-0.1, -0.05) is 23.5 Å². The quantitative estimate of drug-likeness (QED) is 0.375. The van der Waals surface area contributed by atoms with E-state index in [9.17, 15) is 4.79 Å². The first-order valence-corrected chi connectivity index (χ1v) is 9.93. The molecule has 2 aromatic heterocycles. The lowest BCUT2D eigenvalue weighted by Crippen LogP contribution is -2.07. The second-order valence-corrected chi connectivity index (χ2v) is 7.37. The SMILES string of the molecule is COC(=O)c1sc(N/N=c2\cc(-c3ccc(OC)cc3)oc3ccccc23)nc1C. The first kappa shape index (κ1) is 19.7. The van der Waals surface area contributed by atoms with E-state index in [0.29, 0.717) is 32.4 Å². The maximum Gasteiger partial charge on any atom is 0.350 e. The predicted octanol–water partition coefficient (Wildman–Crippen LogP) is 4.59. The Morgan fingerprint density at radius 3 is 2.63 bits per heavy atom. The van der Waals surface area contributed by atoms with Crippen LogP contribution in [0, 0.1) is 6.92 Å². The number of aromatic nitrogens is 1. The molecule has 0 aliphatic heterocycles. The topological polar surface area (TPSA) is 86.0 Å². The summed E-state index contributed by atoms with van der Waals surface area (Å²) in [4.78, 5) is 16.6. The fourth-order valence-corrected chi connectivity index (χ4v) is 3.77. The first-order chi connectivity index (χ1) is 14.6. The van der Waals surface area contributed by atoms with E-state index < -0.39 is 5.97 Å². The van der Waals surface area contributed by atoms with Gasteiger partial charge in [-0.3, -0.25) is 5.43 Å². The van der Waals surface area contributed by atoms with Crippen LogP contribution in [0.5, 0.6) is 5.75 Å². The van der Waals surface area contributed by atoms with Crippen molar-refractivity contribution < 1.29 is 18.7 Å². The molecule has 4 aromatic rings. The molecule has 2 aromatic carbocycles. The number of nitrogens with zero attached hydrogens (tertiary/aromatic N) is 2. The van der Waals surface area contributed by atoms with Crippen LogP contribution in [0.25, 0.3) is 22.3 Å². The van der Waals surface area contributed by atoms with Gasteiger partial charge in [-0.25, -0.2) is 9.78 Å². The number of hydrogen-bond acceptors (Lipinski definition) is 8. The van der Waals surface area contributed by atoms with Crippen molar-refractivity contribution in [2.24, 2.45) is 5.10 Å². The molecule has 0 saturated carbocycles. The molecule has 2 heterocycles. The summed E-state index contributed by atoms with van der Waals surface area (Å²) in [7, 11) is 2.98. The van der Waals surface area contributed by atoms with Gasteiger partial charge in [0, 0.05) is 17.0 Å². The van der Waals surface area contributed by atoms with E-state index in [1.165, 1.54) is 18.4 Å². The summed E-state index contributed by atoms with van der Waals surface area (Å²) < 4.78 is 16.1. The number of aryl methyl sites for hydroxylation is 1. The van der Waals surface area contributed by atoms with Crippen LogP contribution in [0.1, 0.15) is 15.4 Å². The summed E-state index contributed by atoms with van der Waals surface area (Å²) in [6.45, 7) is 1.76. The molecule has 0 atom stereocenters. The van der Waals surface area contributed by atoms with Crippen molar-refractivity contribution in [3.05, 3.63) is 70.5 Å². The van der Waals surface area contributed by atoms with Crippen molar-refractivity contribution in [2.75, 3.05) is 19.6 Å². The molecule has 152 valence electrons. The van der Waals surface area contributed by atoms with E-state index in [4.69, 9.17) is 13.9 Å². The summed E-state index contributed by atoms with van der Waals surface area (Å²) in [5, 5.41) is 6.57. The standard InChI is InChI=1S/C22H19N3O4S/c1-13-20(21(26)28-3)30-22(23-13)25-24-17-12-19(14-8-10-15(27-2)11-9-14)29-18-7-5-4-6-16(17)18/h4-12H,1-3H3,(H,23,25)/b24-17+. The molecule has 0 spiro atoms. The monoisotopic (exact) mass is 421 g/mol. The van der Waals surface area contributed by atoms with E-state index in [1.54, 1.807) is 14.0 Å². The molecule has 0 aliphatic carbocycles. The molecule has 1 N–H and O–H groups in total. The normalized spacial score (nSPS) is 11.5. The number of methoxy groups -OCH3 is 2. The average molecular weight is 421 g/mol. The number of nitrogens with one attached hydrogen (secondary N) is 1. The zero-order valence-corrected chi connectivity index (χ0v) is 17.4. The predicted molar refractivity (Wildman–Crippen MR) is 116 cm³/mol. The average Bonchev–Trinajstić information content (AvgIpc) is 3.17. The Morgan fingerprint density at radius 2 is 1.90 bits per heavy atom. The number of carbonyl (C=O) groups is 1. The Bertz CT molecular complexity index is 1280. The number of rotatable bonds is 5. The van der Waals surface area contributed by atoms with E-state index in [2.05, 4.69) is 15.5 Å². The molecule has 0 radical (unpaired) electrons. The molecule has 0 bridgehead atoms. The molecule has 0 unspecified atom stereocenters. The van der Waals surface area contributed by atoms with Crippen LogP contribution in [-0.2, 0) is 4.74 Å². The molecular weight excluding hydrogens is 402 g/mol. The Balaban J connectivity index is 1.76. The molecule has 4 rings (SSSR count). The van der Waals surface area contributed by atoms with Gasteiger partial charge in [0.25, 0.3) is 0 Å². The third kappa shape index (κ3) is 3.90. The van der Waals surface area contributed by atoms with Gasteiger partial charge in [0.1, 0.15) is 22.0 Å². The number of esters is 1. The van der Waals surface area contributed by atoms with Crippen molar-refractivity contribution >= 4 is 33.4 Å². The molecule has 0 aliphatic rings. The maximum atomic E-state index is 11.8. The molecule has 0 amide bonds. The van der Waals surface area contributed by atoms with E-state index in [0.717, 1.165) is 16.7 Å². The first-order valence-electron chi connectivity index (χ1n) is 9.12. The Hall–Kier alpha value is -3.65. The number of carbonyl (C=O) groups excluding carboxylic acids is 1. The molecule has 7 nitrogen and oxygen atoms in total. The van der Waals surface area contributed by atoms with Crippen molar-refractivity contribution in [1.29, 1.82) is 0 Å². The van der Waals surface area contributed by atoms with Crippen LogP contribution >= 0.6 is 11.3 Å². The maximum absolute atomic E-state index is 11.8. The Morgan fingerprint density at radius 1 is 1.13 bits per heavy atom. The number of thiazole rings is 1. The second-order valence-electron chi connectivity index (χ2n) is 6.37. The summed E-state index contributed by atoms with van der Waals surface area (Å²) in [6.07, 6.45) is 0. The van der Waals surface area contributed by atoms with E-state index in [1.807, 2.05) is 54.6 Å². The zero-order chi connectivity index (χ0) is 21.1. The van der Waals surface area contributed by atoms with Crippen molar-refractivity contribution in [2.45, 2.75) is 6.92 Å². The summed E-state index contributed by atoms with van der Waals surface area (Å²) in [5.41, 5.74) is 5.15. The Kier molecular flexibility index (Phi) is 5.49. The highest BCUT2D eigenvalue weighted by molar-refractivity contribution is 7.17. The second kappa shape index (κ2) is 8.38. The Labute approximate surface area is 176 Å². The van der Waals surface area contributed by atoms with Crippen molar-refractivity contribution in [1.82, 2.24) is 4.98 Å². The minimum atomic E-state index is -0.413. The van der Waals surface area contributed by atoms with E-state index >= 15 is 0 Å². The lowest BCUT2D eigenvalue weighted by molar-refractivity contribution is 0.0605. The minimum absolute atomic E-state index is 0.413. The molecule has 0 fully saturated rings. The van der Waals surface area contributed by atoms with Crippen LogP contribution in [0.2, 0.25) is 0 Å². The third-order valence-electron chi connectivity index (χ3n) is 4.46. The number of ether oxygens (including phenoxy) is 2. The van der Waals surface area contributed by atoms with Gasteiger partial charge in [-0.05, 0) is 43.3 Å². The van der Waals surface area contributed by atoms with Gasteiger partial charge in [0.15, 0.2) is 0 Å². The summed E-state index contributed by atoms with van der Waals surface area (Å²) >= 11 is 1.19. The summed E-state index contributed by atoms with van der Waals surface area (Å²) in [6, 6.07) is 17.1. The largest absolute Gasteiger partial charge is 0.497 e. The van der Waals surface area contributed by atoms with E-state index in [-0.39, 0.29) is 0 Å². The fraction of sp³-hybridized carbons (Fsp3) is 0.136. The number of anilines is 1. The van der Waals surface area contributed by atoms with Gasteiger partial charge in [-0.15, -0.1) is 0 Å². The smallest absolute Gasteiger partial charge is 0.350 e. The minimum Gasteiger partial charge on any atom is -0.497 e. The van der Waals surface area contributed by atoms with Crippen LogP contribution in [0.15, 0.2) is 64.1 Å². The van der Waals surface area contributed by atoms with Gasteiger partial charge < -0.3 is 13.9 Å². The fourth-order valence-electron chi connectivity index (χ4n) is 2.94. The lowest BCUT2D eigenvalue weighted by Gasteiger charge is -2.06. The highest BCUT2D eigenvalue weighted by atomic mass is 32.1. The van der Waals surface area contributed by atoms with Crippen LogP contribution in [0.4, 0.5) is 5.13 Å². The number of hydrogen-bond donors (Lipinski definition) is 1. The van der Waals surface area contributed by atoms with Gasteiger partial charge in [-0.2, -0.15) is 5.10 Å². The lowest BCUT2D eigenvalue weighted by atomic mass is 10.1. The van der Waals surface area contributed by atoms with Gasteiger partial charge in [0.05, 0.1) is 25.3 Å². The van der Waals surface area contributed by atoms with Crippen LogP contribution in [-0.4, -0.2) is 25.2 Å². The number of fused-ring (bicyclic) bond motifs is 1. The summed E-state index contributed by atoms with van der Waals surface area (Å²) in [5.74, 6) is 1.03. The number of para-hydroxylation sites is 1. The zero-order valence-electron chi connectivity index (χ0n) is 16.6. The van der Waals surface area contributed by atoms with Crippen molar-refractivity contribution in [3.8, 4) is 17.1 Å². The molecular formula is C22H19N3O4S. The highest BCUT2D eigenvalue weighted by Crippen LogP contribution is 2.25.